The van der Waals surface area contributed by atoms with Crippen LogP contribution in [0, 0.1) is 11.8 Å². The van der Waals surface area contributed by atoms with E-state index in [1.54, 1.807) is 0 Å². The van der Waals surface area contributed by atoms with Crippen LogP contribution in [0.3, 0.4) is 0 Å². The number of nitrogens with one attached hydrogen (secondary N) is 1. The molecule has 0 aliphatic carbocycles. The van der Waals surface area contributed by atoms with Crippen molar-refractivity contribution in [1.29, 1.82) is 0 Å². The minimum absolute atomic E-state index is 0.144. The summed E-state index contributed by atoms with van der Waals surface area (Å²) in [6.07, 6.45) is 5.89. The molecule has 2 atom stereocenters. The summed E-state index contributed by atoms with van der Waals surface area (Å²) >= 11 is 0. The van der Waals surface area contributed by atoms with Gasteiger partial charge in [0.2, 0.25) is 5.91 Å². The lowest BCUT2D eigenvalue weighted by Gasteiger charge is -2.37. The molecule has 0 radical (unpaired) electrons. The van der Waals surface area contributed by atoms with Gasteiger partial charge in [0, 0.05) is 44.1 Å². The first-order valence-electron chi connectivity index (χ1n) is 10.7. The van der Waals surface area contributed by atoms with Gasteiger partial charge in [0.05, 0.1) is 13.2 Å². The molecule has 2 unspecified atom stereocenters. The second-order valence-electron chi connectivity index (χ2n) is 8.06. The maximum atomic E-state index is 12.4. The second kappa shape index (κ2) is 10.3. The number of nitrogens with zero attached hydrogens (tertiary/aromatic N) is 2. The van der Waals surface area contributed by atoms with E-state index in [2.05, 4.69) is 10.2 Å². The maximum absolute atomic E-state index is 12.4. The lowest BCUT2D eigenvalue weighted by atomic mass is 9.93. The van der Waals surface area contributed by atoms with Crippen LogP contribution in [0.15, 0.2) is 0 Å². The molecule has 3 rings (SSSR count). The SMILES string of the molecule is CCOC(=O)N1CCCC(N2CCC(C(=O)NCC3CCOC3)CC2)CC1. The fourth-order valence-corrected chi connectivity index (χ4v) is 4.50. The van der Waals surface area contributed by atoms with Crippen molar-refractivity contribution in [1.82, 2.24) is 15.1 Å². The topological polar surface area (TPSA) is 71.1 Å². The molecule has 0 spiro atoms. The Morgan fingerprint density at radius 2 is 1.89 bits per heavy atom. The normalized spacial score (nSPS) is 28.0. The van der Waals surface area contributed by atoms with Crippen molar-refractivity contribution in [2.75, 3.05) is 52.5 Å². The van der Waals surface area contributed by atoms with E-state index in [4.69, 9.17) is 9.47 Å². The summed E-state index contributed by atoms with van der Waals surface area (Å²) in [7, 11) is 0. The summed E-state index contributed by atoms with van der Waals surface area (Å²) in [5, 5.41) is 3.13. The second-order valence-corrected chi connectivity index (χ2v) is 8.06. The summed E-state index contributed by atoms with van der Waals surface area (Å²) < 4.78 is 10.5. The molecule has 7 heteroatoms. The molecular weight excluding hydrogens is 346 g/mol. The number of hydrogen-bond donors (Lipinski definition) is 1. The number of ether oxygens (including phenoxy) is 2. The van der Waals surface area contributed by atoms with Crippen LogP contribution >= 0.6 is 0 Å². The third-order valence-corrected chi connectivity index (χ3v) is 6.23. The summed E-state index contributed by atoms with van der Waals surface area (Å²) in [5.74, 6) is 0.851. The molecule has 3 saturated heterocycles. The van der Waals surface area contributed by atoms with E-state index >= 15 is 0 Å². The maximum Gasteiger partial charge on any atom is 0.409 e. The highest BCUT2D eigenvalue weighted by atomic mass is 16.6. The number of carbonyl (C=O) groups excluding carboxylic acids is 2. The Hall–Kier alpha value is -1.34. The van der Waals surface area contributed by atoms with Gasteiger partial charge in [-0.15, -0.1) is 0 Å². The monoisotopic (exact) mass is 381 g/mol. The molecular formula is C20H35N3O4. The Morgan fingerprint density at radius 3 is 2.59 bits per heavy atom. The predicted octanol–water partition coefficient (Wildman–Crippen LogP) is 1.86. The van der Waals surface area contributed by atoms with Gasteiger partial charge in [-0.1, -0.05) is 0 Å². The Kier molecular flexibility index (Phi) is 7.76. The van der Waals surface area contributed by atoms with E-state index in [9.17, 15) is 9.59 Å². The van der Waals surface area contributed by atoms with Crippen molar-refractivity contribution < 1.29 is 19.1 Å². The summed E-state index contributed by atoms with van der Waals surface area (Å²) in [4.78, 5) is 28.8. The third kappa shape index (κ3) is 5.82. The fourth-order valence-electron chi connectivity index (χ4n) is 4.50. The molecule has 27 heavy (non-hydrogen) atoms. The van der Waals surface area contributed by atoms with Gasteiger partial charge in [-0.25, -0.2) is 4.79 Å². The largest absolute Gasteiger partial charge is 0.450 e. The fraction of sp³-hybridized carbons (Fsp3) is 0.900. The zero-order valence-electron chi connectivity index (χ0n) is 16.7. The average molecular weight is 382 g/mol. The van der Waals surface area contributed by atoms with Crippen molar-refractivity contribution in [2.45, 2.75) is 51.5 Å². The van der Waals surface area contributed by atoms with Gasteiger partial charge in [-0.2, -0.15) is 0 Å². The van der Waals surface area contributed by atoms with Gasteiger partial charge in [-0.3, -0.25) is 4.79 Å². The molecule has 7 nitrogen and oxygen atoms in total. The number of piperidine rings is 1. The first-order chi connectivity index (χ1) is 13.2. The van der Waals surface area contributed by atoms with Crippen LogP contribution in [0.4, 0.5) is 4.79 Å². The number of rotatable bonds is 5. The number of amides is 2. The van der Waals surface area contributed by atoms with Crippen molar-refractivity contribution in [3.63, 3.8) is 0 Å². The molecule has 0 aromatic carbocycles. The van der Waals surface area contributed by atoms with Gasteiger partial charge >= 0.3 is 6.09 Å². The van der Waals surface area contributed by atoms with Crippen molar-refractivity contribution in [2.24, 2.45) is 11.8 Å². The molecule has 2 amide bonds. The van der Waals surface area contributed by atoms with Crippen LogP contribution in [0.25, 0.3) is 0 Å². The highest BCUT2D eigenvalue weighted by molar-refractivity contribution is 5.78. The first-order valence-corrected chi connectivity index (χ1v) is 10.7. The molecule has 0 bridgehead atoms. The van der Waals surface area contributed by atoms with Crippen molar-refractivity contribution in [3.05, 3.63) is 0 Å². The van der Waals surface area contributed by atoms with E-state index in [1.165, 1.54) is 0 Å². The summed E-state index contributed by atoms with van der Waals surface area (Å²) in [6.45, 7) is 8.17. The summed E-state index contributed by atoms with van der Waals surface area (Å²) in [6, 6.07) is 0.518. The average Bonchev–Trinajstić information content (AvgIpc) is 3.09. The third-order valence-electron chi connectivity index (χ3n) is 6.23. The van der Waals surface area contributed by atoms with Crippen molar-refractivity contribution in [3.8, 4) is 0 Å². The van der Waals surface area contributed by atoms with Gasteiger partial charge < -0.3 is 24.6 Å². The van der Waals surface area contributed by atoms with Gasteiger partial charge in [0.25, 0.3) is 0 Å². The first kappa shape index (κ1) is 20.4. The highest BCUT2D eigenvalue weighted by Gasteiger charge is 2.31. The highest BCUT2D eigenvalue weighted by Crippen LogP contribution is 2.24. The van der Waals surface area contributed by atoms with E-state index in [0.29, 0.717) is 18.6 Å². The van der Waals surface area contributed by atoms with Crippen molar-refractivity contribution >= 4 is 12.0 Å². The lowest BCUT2D eigenvalue weighted by molar-refractivity contribution is -0.126. The van der Waals surface area contributed by atoms with Gasteiger partial charge in [0.15, 0.2) is 0 Å². The predicted molar refractivity (Wildman–Crippen MR) is 102 cm³/mol. The molecule has 1 N–H and O–H groups in total. The van der Waals surface area contributed by atoms with Gasteiger partial charge in [0.1, 0.15) is 0 Å². The Bertz CT molecular complexity index is 488. The Morgan fingerprint density at radius 1 is 1.07 bits per heavy atom. The molecule has 3 fully saturated rings. The van der Waals surface area contributed by atoms with E-state index < -0.39 is 0 Å². The number of carbonyl (C=O) groups is 2. The van der Waals surface area contributed by atoms with E-state index in [1.807, 2.05) is 11.8 Å². The quantitative estimate of drug-likeness (QED) is 0.787. The van der Waals surface area contributed by atoms with Gasteiger partial charge in [-0.05, 0) is 58.5 Å². The zero-order chi connectivity index (χ0) is 19.1. The van der Waals surface area contributed by atoms with Crippen LogP contribution in [-0.2, 0) is 14.3 Å². The molecule has 3 aliphatic rings. The molecule has 154 valence electrons. The number of likely N-dealkylation sites (tertiary alicyclic amines) is 2. The van der Waals surface area contributed by atoms with Crippen LogP contribution < -0.4 is 5.32 Å². The van der Waals surface area contributed by atoms with Crippen LogP contribution in [0.1, 0.15) is 45.4 Å². The molecule has 0 saturated carbocycles. The minimum Gasteiger partial charge on any atom is -0.450 e. The summed E-state index contributed by atoms with van der Waals surface area (Å²) in [5.41, 5.74) is 0. The molecule has 3 aliphatic heterocycles. The van der Waals surface area contributed by atoms with E-state index in [0.717, 1.165) is 84.5 Å². The molecule has 0 aromatic heterocycles. The number of hydrogen-bond acceptors (Lipinski definition) is 5. The standard InChI is InChI=1S/C20H35N3O4/c1-2-27-20(25)23-9-3-4-18(7-12-23)22-10-5-17(6-11-22)19(24)21-14-16-8-13-26-15-16/h16-18H,2-15H2,1H3,(H,21,24). The van der Waals surface area contributed by atoms with Crippen LogP contribution in [0.2, 0.25) is 0 Å². The zero-order valence-corrected chi connectivity index (χ0v) is 16.7. The molecule has 3 heterocycles. The van der Waals surface area contributed by atoms with Crippen LogP contribution in [0.5, 0.6) is 0 Å². The van der Waals surface area contributed by atoms with E-state index in [-0.39, 0.29) is 17.9 Å². The minimum atomic E-state index is -0.179. The smallest absolute Gasteiger partial charge is 0.409 e. The lowest BCUT2D eigenvalue weighted by Crippen LogP contribution is -2.45. The Balaban J connectivity index is 1.38. The molecule has 0 aromatic rings. The van der Waals surface area contributed by atoms with Crippen LogP contribution in [-0.4, -0.2) is 80.4 Å². The Labute approximate surface area is 162 Å².